The molecule has 3 N–H and O–H groups in total. The van der Waals surface area contributed by atoms with Crippen LogP contribution in [0.2, 0.25) is 0 Å². The SMILES string of the molecule is CCOC(=O)c1sc2nc(COC(=O)c3ccc(NC(=O)c4ccco4)s3)nc(N)c2c1C. The lowest BCUT2D eigenvalue weighted by molar-refractivity contribution is 0.0467. The van der Waals surface area contributed by atoms with Crippen LogP contribution >= 0.6 is 22.7 Å². The number of amides is 1. The number of furan rings is 1. The van der Waals surface area contributed by atoms with Crippen LogP contribution in [0.4, 0.5) is 10.8 Å². The van der Waals surface area contributed by atoms with Crippen LogP contribution in [0.15, 0.2) is 34.9 Å². The average molecular weight is 487 g/mol. The predicted octanol–water partition coefficient (Wildman–Crippen LogP) is 4.02. The number of anilines is 2. The van der Waals surface area contributed by atoms with Gasteiger partial charge in [0.1, 0.15) is 20.4 Å². The molecule has 170 valence electrons. The maximum atomic E-state index is 12.4. The van der Waals surface area contributed by atoms with Gasteiger partial charge >= 0.3 is 11.9 Å². The molecule has 33 heavy (non-hydrogen) atoms. The van der Waals surface area contributed by atoms with Gasteiger partial charge in [-0.1, -0.05) is 0 Å². The number of hydrogen-bond donors (Lipinski definition) is 2. The maximum absolute atomic E-state index is 12.4. The molecule has 0 aliphatic heterocycles. The van der Waals surface area contributed by atoms with Gasteiger partial charge in [-0.15, -0.1) is 22.7 Å². The first kappa shape index (κ1) is 22.4. The highest BCUT2D eigenvalue weighted by atomic mass is 32.1. The van der Waals surface area contributed by atoms with Crippen LogP contribution < -0.4 is 11.1 Å². The van der Waals surface area contributed by atoms with Crippen molar-refractivity contribution in [3.63, 3.8) is 0 Å². The summed E-state index contributed by atoms with van der Waals surface area (Å²) in [6, 6.07) is 6.27. The van der Waals surface area contributed by atoms with E-state index in [1.807, 2.05) is 0 Å². The fourth-order valence-corrected chi connectivity index (χ4v) is 4.87. The van der Waals surface area contributed by atoms with Crippen LogP contribution in [0.5, 0.6) is 0 Å². The van der Waals surface area contributed by atoms with Gasteiger partial charge in [-0.05, 0) is 43.7 Å². The molecule has 4 aromatic heterocycles. The Labute approximate surface area is 195 Å². The van der Waals surface area contributed by atoms with E-state index in [1.54, 1.807) is 26.0 Å². The molecule has 0 spiro atoms. The van der Waals surface area contributed by atoms with Crippen molar-refractivity contribution in [2.75, 3.05) is 17.7 Å². The lowest BCUT2D eigenvalue weighted by atomic mass is 10.2. The number of esters is 2. The van der Waals surface area contributed by atoms with Gasteiger partial charge in [-0.2, -0.15) is 0 Å². The van der Waals surface area contributed by atoms with E-state index in [9.17, 15) is 14.4 Å². The minimum Gasteiger partial charge on any atom is -0.462 e. The van der Waals surface area contributed by atoms with Crippen LogP contribution in [0.1, 0.15) is 48.2 Å². The van der Waals surface area contributed by atoms with Gasteiger partial charge in [0.25, 0.3) is 5.91 Å². The summed E-state index contributed by atoms with van der Waals surface area (Å²) in [5, 5.41) is 3.69. The maximum Gasteiger partial charge on any atom is 0.348 e. The Balaban J connectivity index is 1.44. The van der Waals surface area contributed by atoms with Crippen molar-refractivity contribution in [3.8, 4) is 0 Å². The van der Waals surface area contributed by atoms with E-state index >= 15 is 0 Å². The van der Waals surface area contributed by atoms with Gasteiger partial charge in [-0.3, -0.25) is 4.79 Å². The van der Waals surface area contributed by atoms with Crippen LogP contribution in [-0.2, 0) is 16.1 Å². The quantitative estimate of drug-likeness (QED) is 0.370. The summed E-state index contributed by atoms with van der Waals surface area (Å²) in [7, 11) is 0. The fourth-order valence-electron chi connectivity index (χ4n) is 2.97. The van der Waals surface area contributed by atoms with Crippen molar-refractivity contribution < 1.29 is 28.3 Å². The number of aromatic nitrogens is 2. The molecule has 0 radical (unpaired) electrons. The van der Waals surface area contributed by atoms with Crippen molar-refractivity contribution in [1.29, 1.82) is 0 Å². The van der Waals surface area contributed by atoms with Crippen molar-refractivity contribution in [3.05, 3.63) is 57.4 Å². The lowest BCUT2D eigenvalue weighted by Crippen LogP contribution is -2.09. The van der Waals surface area contributed by atoms with Crippen molar-refractivity contribution in [2.45, 2.75) is 20.5 Å². The van der Waals surface area contributed by atoms with Crippen LogP contribution in [0.25, 0.3) is 10.2 Å². The van der Waals surface area contributed by atoms with Gasteiger partial charge in [0.2, 0.25) is 0 Å². The smallest absolute Gasteiger partial charge is 0.348 e. The third-order valence-corrected chi connectivity index (χ3v) is 6.59. The molecule has 1 amide bonds. The Morgan fingerprint density at radius 1 is 1.12 bits per heavy atom. The minimum absolute atomic E-state index is 0.160. The third-order valence-electron chi connectivity index (χ3n) is 4.45. The summed E-state index contributed by atoms with van der Waals surface area (Å²) in [5.74, 6) is -0.921. The van der Waals surface area contributed by atoms with E-state index in [-0.39, 0.29) is 35.5 Å². The van der Waals surface area contributed by atoms with Crippen LogP contribution in [0, 0.1) is 6.92 Å². The Bertz CT molecular complexity index is 1340. The first-order chi connectivity index (χ1) is 15.9. The van der Waals surface area contributed by atoms with Crippen LogP contribution in [0.3, 0.4) is 0 Å². The monoisotopic (exact) mass is 486 g/mol. The number of ether oxygens (including phenoxy) is 2. The van der Waals surface area contributed by atoms with Crippen LogP contribution in [-0.4, -0.2) is 34.4 Å². The summed E-state index contributed by atoms with van der Waals surface area (Å²) >= 11 is 2.20. The molecule has 0 fully saturated rings. The minimum atomic E-state index is -0.602. The second-order valence-electron chi connectivity index (χ2n) is 6.65. The molecule has 0 aromatic carbocycles. The van der Waals surface area contributed by atoms with Gasteiger partial charge < -0.3 is 24.9 Å². The number of aryl methyl sites for hydroxylation is 1. The summed E-state index contributed by atoms with van der Waals surface area (Å²) in [4.78, 5) is 46.4. The number of fused-ring (bicyclic) bond motifs is 1. The van der Waals surface area contributed by atoms with E-state index in [4.69, 9.17) is 19.6 Å². The molecule has 4 heterocycles. The Morgan fingerprint density at radius 2 is 1.94 bits per heavy atom. The molecule has 0 saturated carbocycles. The molecule has 0 atom stereocenters. The number of hydrogen-bond acceptors (Lipinski definition) is 11. The molecular formula is C21H18N4O6S2. The second-order valence-corrected chi connectivity index (χ2v) is 8.74. The summed E-state index contributed by atoms with van der Waals surface area (Å²) in [5.41, 5.74) is 6.72. The zero-order chi connectivity index (χ0) is 23.5. The second kappa shape index (κ2) is 9.38. The van der Waals surface area contributed by atoms with Gasteiger partial charge in [0.05, 0.1) is 23.3 Å². The zero-order valence-electron chi connectivity index (χ0n) is 17.5. The molecular weight excluding hydrogens is 468 g/mol. The normalized spacial score (nSPS) is 10.8. The Hall–Kier alpha value is -3.77. The van der Waals surface area contributed by atoms with Gasteiger partial charge in [0.15, 0.2) is 18.2 Å². The topological polar surface area (TPSA) is 147 Å². The van der Waals surface area contributed by atoms with E-state index in [1.165, 1.54) is 18.4 Å². The Kier molecular flexibility index (Phi) is 6.38. The van der Waals surface area contributed by atoms with Gasteiger partial charge in [0, 0.05) is 0 Å². The van der Waals surface area contributed by atoms with E-state index in [0.717, 1.165) is 22.7 Å². The number of nitrogens with zero attached hydrogens (tertiary/aromatic N) is 2. The van der Waals surface area contributed by atoms with Crippen molar-refractivity contribution >= 4 is 61.6 Å². The van der Waals surface area contributed by atoms with E-state index in [2.05, 4.69) is 15.3 Å². The zero-order valence-corrected chi connectivity index (χ0v) is 19.2. The molecule has 0 saturated heterocycles. The fraction of sp³-hybridized carbons (Fsp3) is 0.190. The number of thiophene rings is 2. The van der Waals surface area contributed by atoms with E-state index < -0.39 is 17.8 Å². The average Bonchev–Trinajstić information content (AvgIpc) is 3.53. The van der Waals surface area contributed by atoms with Crippen molar-refractivity contribution in [1.82, 2.24) is 9.97 Å². The number of carbonyl (C=O) groups excluding carboxylic acids is 3. The highest BCUT2D eigenvalue weighted by molar-refractivity contribution is 7.20. The lowest BCUT2D eigenvalue weighted by Gasteiger charge is -2.04. The van der Waals surface area contributed by atoms with Crippen molar-refractivity contribution in [2.24, 2.45) is 0 Å². The highest BCUT2D eigenvalue weighted by Crippen LogP contribution is 2.33. The highest BCUT2D eigenvalue weighted by Gasteiger charge is 2.21. The molecule has 0 aliphatic carbocycles. The molecule has 12 heteroatoms. The first-order valence-corrected chi connectivity index (χ1v) is 11.3. The summed E-state index contributed by atoms with van der Waals surface area (Å²) < 4.78 is 15.4. The molecule has 0 unspecified atom stereocenters. The summed E-state index contributed by atoms with van der Waals surface area (Å²) in [6.07, 6.45) is 1.40. The van der Waals surface area contributed by atoms with Gasteiger partial charge in [-0.25, -0.2) is 19.6 Å². The largest absolute Gasteiger partial charge is 0.462 e. The Morgan fingerprint density at radius 3 is 2.67 bits per heavy atom. The number of nitrogens with two attached hydrogens (primary N) is 1. The number of nitrogens with one attached hydrogen (secondary N) is 1. The molecule has 4 aromatic rings. The number of carbonyl (C=O) groups is 3. The third kappa shape index (κ3) is 4.71. The standard InChI is InChI=1S/C21H18N4O6S2/c1-3-29-21(28)16-10(2)15-17(22)23-13(24-19(15)33-16)9-31-20(27)12-6-7-14(32-12)25-18(26)11-5-4-8-30-11/h4-8H,3,9H2,1-2H3,(H,25,26)(H2,22,23,24). The summed E-state index contributed by atoms with van der Waals surface area (Å²) in [6.45, 7) is 3.52. The predicted molar refractivity (Wildman–Crippen MR) is 123 cm³/mol. The molecule has 0 aliphatic rings. The number of rotatable bonds is 7. The van der Waals surface area contributed by atoms with E-state index in [0.29, 0.717) is 25.7 Å². The molecule has 10 nitrogen and oxygen atoms in total. The number of nitrogen functional groups attached to an aromatic ring is 1. The first-order valence-electron chi connectivity index (χ1n) is 9.71. The molecule has 0 bridgehead atoms. The molecule has 4 rings (SSSR count).